The molecule has 5 heteroatoms. The first-order chi connectivity index (χ1) is 9.18. The molecule has 19 heavy (non-hydrogen) atoms. The zero-order valence-electron chi connectivity index (χ0n) is 11.3. The maximum Gasteiger partial charge on any atom is 0.339 e. The normalized spacial score (nSPS) is 23.2. The summed E-state index contributed by atoms with van der Waals surface area (Å²) in [5.74, 6) is 0.484. The predicted molar refractivity (Wildman–Crippen MR) is 71.8 cm³/mol. The summed E-state index contributed by atoms with van der Waals surface area (Å²) in [6, 6.07) is 0. The van der Waals surface area contributed by atoms with E-state index in [4.69, 9.17) is 5.11 Å². The lowest BCUT2D eigenvalue weighted by molar-refractivity contribution is 0.0694. The predicted octanol–water partition coefficient (Wildman–Crippen LogP) is 2.09. The molecule has 0 saturated heterocycles. The number of aromatic nitrogens is 2. The highest BCUT2D eigenvalue weighted by molar-refractivity contribution is 5.88. The molecule has 1 heterocycles. The van der Waals surface area contributed by atoms with Crippen LogP contribution in [0.2, 0.25) is 0 Å². The Bertz CT molecular complexity index is 436. The molecular formula is C14H21N3O2. The van der Waals surface area contributed by atoms with Crippen LogP contribution in [-0.2, 0) is 6.54 Å². The Labute approximate surface area is 113 Å². The maximum atomic E-state index is 11.0. The van der Waals surface area contributed by atoms with Gasteiger partial charge >= 0.3 is 5.97 Å². The highest BCUT2D eigenvalue weighted by atomic mass is 16.4. The zero-order valence-corrected chi connectivity index (χ0v) is 11.3. The lowest BCUT2D eigenvalue weighted by Gasteiger charge is -2.28. The fraction of sp³-hybridized carbons (Fsp3) is 0.643. The molecule has 1 aliphatic rings. The fourth-order valence-corrected chi connectivity index (χ4v) is 2.75. The van der Waals surface area contributed by atoms with Crippen LogP contribution in [0.15, 0.2) is 12.5 Å². The van der Waals surface area contributed by atoms with E-state index >= 15 is 0 Å². The number of carboxylic acids is 1. The molecule has 2 rings (SSSR count). The van der Waals surface area contributed by atoms with Crippen molar-refractivity contribution in [1.82, 2.24) is 15.3 Å². The molecule has 1 fully saturated rings. The van der Waals surface area contributed by atoms with Crippen molar-refractivity contribution >= 4 is 5.97 Å². The molecule has 0 spiro atoms. The topological polar surface area (TPSA) is 75.1 Å². The van der Waals surface area contributed by atoms with Crippen molar-refractivity contribution < 1.29 is 9.90 Å². The third-order valence-electron chi connectivity index (χ3n) is 4.01. The smallest absolute Gasteiger partial charge is 0.339 e. The van der Waals surface area contributed by atoms with Crippen LogP contribution in [0.5, 0.6) is 0 Å². The molecule has 2 unspecified atom stereocenters. The average molecular weight is 263 g/mol. The largest absolute Gasteiger partial charge is 0.478 e. The van der Waals surface area contributed by atoms with Crippen LogP contribution in [0.3, 0.4) is 0 Å². The van der Waals surface area contributed by atoms with Crippen LogP contribution in [0.4, 0.5) is 0 Å². The maximum absolute atomic E-state index is 11.0. The Morgan fingerprint density at radius 1 is 1.47 bits per heavy atom. The molecular weight excluding hydrogens is 242 g/mol. The van der Waals surface area contributed by atoms with Gasteiger partial charge in [0, 0.05) is 12.7 Å². The number of nitrogens with zero attached hydrogens (tertiary/aromatic N) is 2. The number of hydrogen-bond donors (Lipinski definition) is 2. The second kappa shape index (κ2) is 6.61. The molecule has 0 bridgehead atoms. The van der Waals surface area contributed by atoms with Gasteiger partial charge in [0.2, 0.25) is 0 Å². The Hall–Kier alpha value is -1.49. The standard InChI is InChI=1S/C14H21N3O2/c1-10-4-2-3-5-11(10)6-15-8-13-12(14(18)19)7-16-9-17-13/h7,9-11,15H,2-6,8H2,1H3,(H,18,19). The summed E-state index contributed by atoms with van der Waals surface area (Å²) in [4.78, 5) is 18.8. The van der Waals surface area contributed by atoms with E-state index in [1.54, 1.807) is 0 Å². The van der Waals surface area contributed by atoms with Gasteiger partial charge in [-0.1, -0.05) is 26.2 Å². The van der Waals surface area contributed by atoms with Crippen LogP contribution in [0, 0.1) is 11.8 Å². The molecule has 1 aromatic rings. The van der Waals surface area contributed by atoms with Crippen molar-refractivity contribution in [2.24, 2.45) is 11.8 Å². The van der Waals surface area contributed by atoms with Gasteiger partial charge in [0.1, 0.15) is 11.9 Å². The quantitative estimate of drug-likeness (QED) is 0.850. The highest BCUT2D eigenvalue weighted by Crippen LogP contribution is 2.28. The molecule has 0 radical (unpaired) electrons. The summed E-state index contributed by atoms with van der Waals surface area (Å²) in [5, 5.41) is 12.4. The fourth-order valence-electron chi connectivity index (χ4n) is 2.75. The van der Waals surface area contributed by atoms with Gasteiger partial charge < -0.3 is 10.4 Å². The SMILES string of the molecule is CC1CCCCC1CNCc1ncncc1C(=O)O. The summed E-state index contributed by atoms with van der Waals surface area (Å²) < 4.78 is 0. The average Bonchev–Trinajstić information content (AvgIpc) is 2.41. The first-order valence-corrected chi connectivity index (χ1v) is 6.91. The van der Waals surface area contributed by atoms with Crippen LogP contribution in [0.25, 0.3) is 0 Å². The molecule has 0 aliphatic heterocycles. The molecule has 104 valence electrons. The lowest BCUT2D eigenvalue weighted by Crippen LogP contribution is -2.29. The first-order valence-electron chi connectivity index (χ1n) is 6.91. The molecule has 0 amide bonds. The second-order valence-electron chi connectivity index (χ2n) is 5.34. The van der Waals surface area contributed by atoms with E-state index in [1.165, 1.54) is 38.2 Å². The number of aromatic carboxylic acids is 1. The molecule has 2 N–H and O–H groups in total. The van der Waals surface area contributed by atoms with Crippen LogP contribution in [0.1, 0.15) is 48.7 Å². The van der Waals surface area contributed by atoms with Gasteiger partial charge in [-0.15, -0.1) is 0 Å². The minimum atomic E-state index is -0.969. The second-order valence-corrected chi connectivity index (χ2v) is 5.34. The molecule has 1 saturated carbocycles. The van der Waals surface area contributed by atoms with Crippen LogP contribution in [-0.4, -0.2) is 27.6 Å². The minimum Gasteiger partial charge on any atom is -0.478 e. The number of carbonyl (C=O) groups is 1. The first kappa shape index (κ1) is 13.9. The van der Waals surface area contributed by atoms with Crippen LogP contribution < -0.4 is 5.32 Å². The van der Waals surface area contributed by atoms with Gasteiger partial charge in [-0.25, -0.2) is 14.8 Å². The summed E-state index contributed by atoms with van der Waals surface area (Å²) in [7, 11) is 0. The minimum absolute atomic E-state index is 0.187. The molecule has 2 atom stereocenters. The van der Waals surface area contributed by atoms with Gasteiger partial charge in [-0.3, -0.25) is 0 Å². The summed E-state index contributed by atoms with van der Waals surface area (Å²) in [6.45, 7) is 3.73. The van der Waals surface area contributed by atoms with Gasteiger partial charge in [0.25, 0.3) is 0 Å². The highest BCUT2D eigenvalue weighted by Gasteiger charge is 2.21. The monoisotopic (exact) mass is 263 g/mol. The molecule has 5 nitrogen and oxygen atoms in total. The van der Waals surface area contributed by atoms with E-state index in [9.17, 15) is 4.79 Å². The number of hydrogen-bond acceptors (Lipinski definition) is 4. The number of nitrogens with one attached hydrogen (secondary N) is 1. The van der Waals surface area contributed by atoms with Crippen molar-refractivity contribution in [1.29, 1.82) is 0 Å². The number of rotatable bonds is 5. The van der Waals surface area contributed by atoms with Gasteiger partial charge in [-0.05, 0) is 24.8 Å². The third-order valence-corrected chi connectivity index (χ3v) is 4.01. The molecule has 1 aromatic heterocycles. The van der Waals surface area contributed by atoms with Crippen molar-refractivity contribution in [2.45, 2.75) is 39.2 Å². The van der Waals surface area contributed by atoms with Gasteiger partial charge in [-0.2, -0.15) is 0 Å². The van der Waals surface area contributed by atoms with Crippen molar-refractivity contribution in [3.05, 3.63) is 23.8 Å². The van der Waals surface area contributed by atoms with E-state index in [2.05, 4.69) is 22.2 Å². The Morgan fingerprint density at radius 2 is 2.26 bits per heavy atom. The summed E-state index contributed by atoms with van der Waals surface area (Å²) in [6.07, 6.45) is 7.98. The van der Waals surface area contributed by atoms with Gasteiger partial charge in [0.15, 0.2) is 0 Å². The number of carboxylic acid groups (broad SMARTS) is 1. The van der Waals surface area contributed by atoms with Crippen molar-refractivity contribution in [2.75, 3.05) is 6.54 Å². The van der Waals surface area contributed by atoms with E-state index in [0.29, 0.717) is 18.2 Å². The molecule has 0 aromatic carbocycles. The third kappa shape index (κ3) is 3.73. The van der Waals surface area contributed by atoms with E-state index in [0.717, 1.165) is 12.5 Å². The van der Waals surface area contributed by atoms with Crippen molar-refractivity contribution in [3.8, 4) is 0 Å². The van der Waals surface area contributed by atoms with E-state index < -0.39 is 5.97 Å². The van der Waals surface area contributed by atoms with E-state index in [1.807, 2.05) is 0 Å². The summed E-state index contributed by atoms with van der Waals surface area (Å²) in [5.41, 5.74) is 0.748. The zero-order chi connectivity index (χ0) is 13.7. The van der Waals surface area contributed by atoms with Crippen molar-refractivity contribution in [3.63, 3.8) is 0 Å². The van der Waals surface area contributed by atoms with E-state index in [-0.39, 0.29) is 5.56 Å². The Morgan fingerprint density at radius 3 is 3.00 bits per heavy atom. The lowest BCUT2D eigenvalue weighted by atomic mass is 9.80. The summed E-state index contributed by atoms with van der Waals surface area (Å²) >= 11 is 0. The van der Waals surface area contributed by atoms with Crippen LogP contribution >= 0.6 is 0 Å². The Kier molecular flexibility index (Phi) is 4.85. The Balaban J connectivity index is 1.87. The molecule has 1 aliphatic carbocycles. The van der Waals surface area contributed by atoms with Gasteiger partial charge in [0.05, 0.1) is 5.69 Å².